The highest BCUT2D eigenvalue weighted by molar-refractivity contribution is 5.95. The van der Waals surface area contributed by atoms with E-state index in [1.165, 1.54) is 12.1 Å². The topological polar surface area (TPSA) is 74.6 Å². The quantitative estimate of drug-likeness (QED) is 0.865. The summed E-state index contributed by atoms with van der Waals surface area (Å²) in [6, 6.07) is 3.01. The van der Waals surface area contributed by atoms with E-state index in [2.05, 4.69) is 0 Å². The number of aromatic carboxylic acids is 2. The third-order valence-electron chi connectivity index (χ3n) is 3.23. The van der Waals surface area contributed by atoms with Crippen molar-refractivity contribution >= 4 is 11.9 Å². The second-order valence-corrected chi connectivity index (χ2v) is 7.05. The Morgan fingerprint density at radius 2 is 1.00 bits per heavy atom. The predicted molar refractivity (Wildman–Crippen MR) is 77.8 cm³/mol. The maximum Gasteiger partial charge on any atom is 0.335 e. The Morgan fingerprint density at radius 1 is 0.750 bits per heavy atom. The zero-order chi connectivity index (χ0) is 15.9. The van der Waals surface area contributed by atoms with Crippen molar-refractivity contribution in [3.05, 3.63) is 34.4 Å². The van der Waals surface area contributed by atoms with Gasteiger partial charge >= 0.3 is 11.9 Å². The fourth-order valence-corrected chi connectivity index (χ4v) is 2.19. The smallest absolute Gasteiger partial charge is 0.335 e. The highest BCUT2D eigenvalue weighted by Crippen LogP contribution is 2.33. The summed E-state index contributed by atoms with van der Waals surface area (Å²) in [6.45, 7) is 11.2. The number of carbonyl (C=O) groups is 2. The molecule has 0 unspecified atom stereocenters. The van der Waals surface area contributed by atoms with Crippen LogP contribution in [0.25, 0.3) is 0 Å². The number of rotatable bonds is 2. The van der Waals surface area contributed by atoms with Gasteiger partial charge in [0.15, 0.2) is 0 Å². The molecule has 0 aliphatic carbocycles. The Hall–Kier alpha value is -1.84. The largest absolute Gasteiger partial charge is 0.478 e. The van der Waals surface area contributed by atoms with Crippen molar-refractivity contribution < 1.29 is 19.8 Å². The van der Waals surface area contributed by atoms with Crippen molar-refractivity contribution in [2.75, 3.05) is 0 Å². The van der Waals surface area contributed by atoms with Gasteiger partial charge in [-0.25, -0.2) is 9.59 Å². The third-order valence-corrected chi connectivity index (χ3v) is 3.23. The molecule has 2 N–H and O–H groups in total. The lowest BCUT2D eigenvalue weighted by Gasteiger charge is -2.27. The normalized spacial score (nSPS) is 12.3. The fraction of sp³-hybridized carbons (Fsp3) is 0.500. The zero-order valence-corrected chi connectivity index (χ0v) is 12.9. The van der Waals surface area contributed by atoms with Gasteiger partial charge in [0.25, 0.3) is 0 Å². The number of carboxylic acid groups (broad SMARTS) is 2. The molecule has 0 saturated carbocycles. The number of carboxylic acids is 2. The first-order valence-corrected chi connectivity index (χ1v) is 6.51. The van der Waals surface area contributed by atoms with Gasteiger partial charge in [0, 0.05) is 0 Å². The van der Waals surface area contributed by atoms with Gasteiger partial charge in [-0.2, -0.15) is 0 Å². The van der Waals surface area contributed by atoms with Crippen LogP contribution in [0, 0.1) is 0 Å². The molecule has 0 aromatic heterocycles. The molecule has 0 spiro atoms. The van der Waals surface area contributed by atoms with Crippen LogP contribution in [0.3, 0.4) is 0 Å². The summed E-state index contributed by atoms with van der Waals surface area (Å²) in [5, 5.41) is 18.8. The molecule has 0 aliphatic rings. The van der Waals surface area contributed by atoms with Crippen LogP contribution in [0.2, 0.25) is 0 Å². The van der Waals surface area contributed by atoms with Crippen LogP contribution in [0.5, 0.6) is 0 Å². The Kier molecular flexibility index (Phi) is 3.99. The van der Waals surface area contributed by atoms with Gasteiger partial charge in [0.1, 0.15) is 0 Å². The van der Waals surface area contributed by atoms with Crippen LogP contribution in [0.4, 0.5) is 0 Å². The molecule has 1 rings (SSSR count). The second kappa shape index (κ2) is 4.93. The first-order valence-electron chi connectivity index (χ1n) is 6.51. The molecule has 20 heavy (non-hydrogen) atoms. The average molecular weight is 278 g/mol. The Morgan fingerprint density at radius 3 is 1.15 bits per heavy atom. The van der Waals surface area contributed by atoms with E-state index < -0.39 is 22.8 Å². The first-order chi connectivity index (χ1) is 8.85. The SMILES string of the molecule is CC(C)(C)c1cc(C(=O)O)c(C(C)(C)C)cc1C(=O)O. The summed E-state index contributed by atoms with van der Waals surface area (Å²) in [5.74, 6) is -2.06. The molecule has 0 bridgehead atoms. The molecule has 0 heterocycles. The molecule has 110 valence electrons. The summed E-state index contributed by atoms with van der Waals surface area (Å²) in [6.07, 6.45) is 0. The van der Waals surface area contributed by atoms with E-state index in [4.69, 9.17) is 0 Å². The molecule has 4 heteroatoms. The fourth-order valence-electron chi connectivity index (χ4n) is 2.19. The van der Waals surface area contributed by atoms with Crippen molar-refractivity contribution in [3.8, 4) is 0 Å². The lowest BCUT2D eigenvalue weighted by molar-refractivity contribution is 0.0677. The molecular formula is C16H22O4. The first kappa shape index (κ1) is 16.2. The van der Waals surface area contributed by atoms with Gasteiger partial charge in [0.2, 0.25) is 0 Å². The van der Waals surface area contributed by atoms with Crippen molar-refractivity contribution in [1.82, 2.24) is 0 Å². The van der Waals surface area contributed by atoms with E-state index in [1.807, 2.05) is 41.5 Å². The summed E-state index contributed by atoms with van der Waals surface area (Å²) < 4.78 is 0. The van der Waals surface area contributed by atoms with Crippen LogP contribution in [0.15, 0.2) is 12.1 Å². The number of hydrogen-bond acceptors (Lipinski definition) is 2. The predicted octanol–water partition coefficient (Wildman–Crippen LogP) is 3.68. The summed E-state index contributed by atoms with van der Waals surface area (Å²) in [4.78, 5) is 23.0. The molecule has 0 atom stereocenters. The van der Waals surface area contributed by atoms with Crippen LogP contribution in [-0.2, 0) is 10.8 Å². The molecule has 1 aromatic carbocycles. The van der Waals surface area contributed by atoms with E-state index in [1.54, 1.807) is 0 Å². The summed E-state index contributed by atoms with van der Waals surface area (Å²) >= 11 is 0. The molecule has 0 aliphatic heterocycles. The molecule has 0 saturated heterocycles. The highest BCUT2D eigenvalue weighted by atomic mass is 16.4. The maximum absolute atomic E-state index is 11.5. The van der Waals surface area contributed by atoms with Crippen LogP contribution < -0.4 is 0 Å². The number of hydrogen-bond donors (Lipinski definition) is 2. The Labute approximate surface area is 119 Å². The van der Waals surface area contributed by atoms with Gasteiger partial charge in [-0.3, -0.25) is 0 Å². The lowest BCUT2D eigenvalue weighted by atomic mass is 9.77. The van der Waals surface area contributed by atoms with E-state index in [-0.39, 0.29) is 11.1 Å². The van der Waals surface area contributed by atoms with Gasteiger partial charge in [0.05, 0.1) is 11.1 Å². The summed E-state index contributed by atoms with van der Waals surface area (Å²) in [5.41, 5.74) is 0.550. The minimum absolute atomic E-state index is 0.174. The van der Waals surface area contributed by atoms with Gasteiger partial charge in [-0.05, 0) is 34.1 Å². The molecule has 1 aromatic rings. The maximum atomic E-state index is 11.5. The minimum atomic E-state index is -1.03. The van der Waals surface area contributed by atoms with Crippen LogP contribution >= 0.6 is 0 Å². The van der Waals surface area contributed by atoms with Gasteiger partial charge in [-0.1, -0.05) is 41.5 Å². The van der Waals surface area contributed by atoms with Crippen LogP contribution in [-0.4, -0.2) is 22.2 Å². The van der Waals surface area contributed by atoms with Crippen molar-refractivity contribution in [2.24, 2.45) is 0 Å². The molecular weight excluding hydrogens is 256 g/mol. The van der Waals surface area contributed by atoms with E-state index in [0.717, 1.165) is 0 Å². The molecule has 4 nitrogen and oxygen atoms in total. The van der Waals surface area contributed by atoms with Crippen LogP contribution in [0.1, 0.15) is 73.4 Å². The standard InChI is InChI=1S/C16H22O4/c1-15(2,3)11-7-10(14(19)20)12(16(4,5)6)8-9(11)13(17)18/h7-8H,1-6H3,(H,17,18)(H,19,20). The van der Waals surface area contributed by atoms with Crippen molar-refractivity contribution in [1.29, 1.82) is 0 Å². The lowest BCUT2D eigenvalue weighted by Crippen LogP contribution is -2.23. The van der Waals surface area contributed by atoms with E-state index >= 15 is 0 Å². The monoisotopic (exact) mass is 278 g/mol. The summed E-state index contributed by atoms with van der Waals surface area (Å²) in [7, 11) is 0. The molecule has 0 fully saturated rings. The van der Waals surface area contributed by atoms with Gasteiger partial charge < -0.3 is 10.2 Å². The zero-order valence-electron chi connectivity index (χ0n) is 12.9. The molecule has 0 radical (unpaired) electrons. The van der Waals surface area contributed by atoms with Crippen molar-refractivity contribution in [3.63, 3.8) is 0 Å². The van der Waals surface area contributed by atoms with Gasteiger partial charge in [-0.15, -0.1) is 0 Å². The molecule has 0 amide bonds. The van der Waals surface area contributed by atoms with E-state index in [0.29, 0.717) is 11.1 Å². The highest BCUT2D eigenvalue weighted by Gasteiger charge is 2.29. The Balaban J connectivity index is 3.79. The number of benzene rings is 1. The minimum Gasteiger partial charge on any atom is -0.478 e. The van der Waals surface area contributed by atoms with E-state index in [9.17, 15) is 19.8 Å². The third kappa shape index (κ3) is 3.18. The Bertz CT molecular complexity index is 505. The van der Waals surface area contributed by atoms with Crippen molar-refractivity contribution in [2.45, 2.75) is 52.4 Å². The second-order valence-electron chi connectivity index (χ2n) is 7.05. The average Bonchev–Trinajstić information content (AvgIpc) is 2.24.